The van der Waals surface area contributed by atoms with E-state index in [0.29, 0.717) is 19.3 Å². The molecule has 0 amide bonds. The number of allylic oxidation sites excluding steroid dienone is 22. The number of unbranched alkanes of at least 4 members (excludes halogenated alkanes) is 28. The van der Waals surface area contributed by atoms with Crippen molar-refractivity contribution in [2.45, 2.75) is 316 Å². The Kier molecular flexibility index (Phi) is 65.3. The van der Waals surface area contributed by atoms with E-state index in [0.717, 1.165) is 161 Å². The molecule has 1 atom stereocenters. The summed E-state index contributed by atoms with van der Waals surface area (Å²) in [6.07, 6.45) is 97.5. The molecule has 0 aliphatic rings. The molecule has 0 aromatic heterocycles. The van der Waals surface area contributed by atoms with Crippen LogP contribution in [0.2, 0.25) is 0 Å². The maximum absolute atomic E-state index is 12.9. The number of ether oxygens (including phenoxy) is 3. The summed E-state index contributed by atoms with van der Waals surface area (Å²) in [7, 11) is 0. The Bertz CT molecular complexity index is 1730. The molecule has 0 spiro atoms. The smallest absolute Gasteiger partial charge is 0.306 e. The highest BCUT2D eigenvalue weighted by molar-refractivity contribution is 5.71. The van der Waals surface area contributed by atoms with Crippen molar-refractivity contribution in [1.82, 2.24) is 0 Å². The van der Waals surface area contributed by atoms with Crippen molar-refractivity contribution in [2.75, 3.05) is 13.2 Å². The third kappa shape index (κ3) is 66.4. The highest BCUT2D eigenvalue weighted by atomic mass is 16.6. The van der Waals surface area contributed by atoms with E-state index < -0.39 is 6.10 Å². The van der Waals surface area contributed by atoms with Crippen LogP contribution in [-0.4, -0.2) is 37.2 Å². The highest BCUT2D eigenvalue weighted by Crippen LogP contribution is 2.16. The molecule has 0 aromatic rings. The second-order valence-corrected chi connectivity index (χ2v) is 22.4. The van der Waals surface area contributed by atoms with Gasteiger partial charge in [0.1, 0.15) is 13.2 Å². The Morgan fingerprint density at radius 2 is 0.488 bits per heavy atom. The van der Waals surface area contributed by atoms with Crippen molar-refractivity contribution in [3.8, 4) is 0 Å². The Morgan fingerprint density at radius 1 is 0.256 bits per heavy atom. The molecule has 0 aliphatic heterocycles. The highest BCUT2D eigenvalue weighted by Gasteiger charge is 2.19. The molecular weight excluding hydrogens is 1010 g/mol. The zero-order valence-electron chi connectivity index (χ0n) is 53.5. The van der Waals surface area contributed by atoms with Gasteiger partial charge in [0.05, 0.1) is 0 Å². The summed E-state index contributed by atoms with van der Waals surface area (Å²) in [5, 5.41) is 0. The lowest BCUT2D eigenvalue weighted by atomic mass is 10.0. The van der Waals surface area contributed by atoms with Gasteiger partial charge in [-0.05, 0) is 116 Å². The number of carbonyl (C=O) groups excluding carboxylic acids is 3. The van der Waals surface area contributed by atoms with Gasteiger partial charge in [0, 0.05) is 19.3 Å². The van der Waals surface area contributed by atoms with Crippen LogP contribution in [0.25, 0.3) is 0 Å². The standard InChI is InChI=1S/C76H126O6/c1-4-7-10-13-16-19-22-25-28-30-31-32-33-34-35-36-37-38-39-40-41-42-43-44-45-47-48-51-54-57-60-63-66-69-75(78)81-72-73(71-80-74(77)68-65-62-59-56-53-50-27-24-21-18-15-12-9-6-3)82-76(79)70-67-64-61-58-55-52-49-46-29-26-23-20-17-14-11-8-5-2/h7,10,15-16,18-19,24-25,27-28,31-32,34-35,37-38,40-41,43-44,47-48,73H,4-6,8-9,11-14,17,20-23,26,29-30,33,36,39,42,45-46,49-72H2,1-3H3/b10-7-,18-15-,19-16-,27-24-,28-25-,32-31-,35-34-,38-37-,41-40-,44-43-,48-47-. The minimum Gasteiger partial charge on any atom is -0.462 e. The van der Waals surface area contributed by atoms with Crippen molar-refractivity contribution in [3.63, 3.8) is 0 Å². The molecule has 6 heteroatoms. The predicted octanol–water partition coefficient (Wildman–Crippen LogP) is 23.7. The first-order valence-corrected chi connectivity index (χ1v) is 34.2. The second kappa shape index (κ2) is 69.0. The lowest BCUT2D eigenvalue weighted by Gasteiger charge is -2.18. The van der Waals surface area contributed by atoms with E-state index in [1.807, 2.05) is 0 Å². The monoisotopic (exact) mass is 1130 g/mol. The molecule has 0 saturated heterocycles. The Morgan fingerprint density at radius 3 is 0.780 bits per heavy atom. The van der Waals surface area contributed by atoms with Crippen LogP contribution in [0.1, 0.15) is 310 Å². The van der Waals surface area contributed by atoms with Crippen molar-refractivity contribution in [3.05, 3.63) is 134 Å². The minimum atomic E-state index is -0.795. The Balaban J connectivity index is 4.34. The van der Waals surface area contributed by atoms with Gasteiger partial charge in [-0.15, -0.1) is 0 Å². The Hall–Kier alpha value is -4.45. The molecule has 0 rings (SSSR count). The van der Waals surface area contributed by atoms with Gasteiger partial charge >= 0.3 is 17.9 Å². The van der Waals surface area contributed by atoms with E-state index in [1.165, 1.54) is 109 Å². The van der Waals surface area contributed by atoms with E-state index in [2.05, 4.69) is 154 Å². The first-order chi connectivity index (χ1) is 40.5. The average molecular weight is 1140 g/mol. The zero-order valence-corrected chi connectivity index (χ0v) is 53.5. The summed E-state index contributed by atoms with van der Waals surface area (Å²) in [6.45, 7) is 6.48. The van der Waals surface area contributed by atoms with Gasteiger partial charge in [0.15, 0.2) is 6.10 Å². The number of carbonyl (C=O) groups is 3. The number of rotatable bonds is 61. The zero-order chi connectivity index (χ0) is 59.2. The van der Waals surface area contributed by atoms with Crippen molar-refractivity contribution < 1.29 is 28.6 Å². The molecule has 0 saturated carbocycles. The van der Waals surface area contributed by atoms with Gasteiger partial charge in [-0.1, -0.05) is 309 Å². The molecule has 0 fully saturated rings. The van der Waals surface area contributed by atoms with E-state index >= 15 is 0 Å². The second-order valence-electron chi connectivity index (χ2n) is 22.4. The summed E-state index contributed by atoms with van der Waals surface area (Å²) < 4.78 is 16.9. The van der Waals surface area contributed by atoms with Crippen molar-refractivity contribution in [1.29, 1.82) is 0 Å². The van der Waals surface area contributed by atoms with E-state index in [9.17, 15) is 14.4 Å². The maximum Gasteiger partial charge on any atom is 0.306 e. The summed E-state index contributed by atoms with van der Waals surface area (Å²) >= 11 is 0. The summed E-state index contributed by atoms with van der Waals surface area (Å²) in [6, 6.07) is 0. The van der Waals surface area contributed by atoms with Gasteiger partial charge in [-0.2, -0.15) is 0 Å². The molecule has 1 unspecified atom stereocenters. The minimum absolute atomic E-state index is 0.0918. The lowest BCUT2D eigenvalue weighted by molar-refractivity contribution is -0.167. The Labute approximate surface area is 506 Å². The molecule has 0 aromatic carbocycles. The normalized spacial score (nSPS) is 13.0. The third-order valence-electron chi connectivity index (χ3n) is 14.4. The van der Waals surface area contributed by atoms with Crippen LogP contribution in [0, 0.1) is 0 Å². The van der Waals surface area contributed by atoms with E-state index in [-0.39, 0.29) is 31.1 Å². The molecule has 0 heterocycles. The predicted molar refractivity (Wildman–Crippen MR) is 357 cm³/mol. The molecule has 466 valence electrons. The van der Waals surface area contributed by atoms with E-state index in [1.54, 1.807) is 0 Å². The van der Waals surface area contributed by atoms with Crippen LogP contribution in [0.3, 0.4) is 0 Å². The molecule has 0 N–H and O–H groups in total. The van der Waals surface area contributed by atoms with Crippen LogP contribution in [0.15, 0.2) is 134 Å². The van der Waals surface area contributed by atoms with Gasteiger partial charge in [0.2, 0.25) is 0 Å². The topological polar surface area (TPSA) is 78.9 Å². The number of hydrogen-bond acceptors (Lipinski definition) is 6. The van der Waals surface area contributed by atoms with Gasteiger partial charge in [-0.25, -0.2) is 0 Å². The maximum atomic E-state index is 12.9. The summed E-state index contributed by atoms with van der Waals surface area (Å²) in [5.74, 6) is -0.916. The fraction of sp³-hybridized carbons (Fsp3) is 0.671. The van der Waals surface area contributed by atoms with E-state index in [4.69, 9.17) is 14.2 Å². The van der Waals surface area contributed by atoms with Crippen molar-refractivity contribution >= 4 is 17.9 Å². The van der Waals surface area contributed by atoms with Crippen LogP contribution in [0.4, 0.5) is 0 Å². The van der Waals surface area contributed by atoms with Gasteiger partial charge < -0.3 is 14.2 Å². The largest absolute Gasteiger partial charge is 0.462 e. The molecule has 0 radical (unpaired) electrons. The fourth-order valence-electron chi connectivity index (χ4n) is 9.28. The molecule has 0 bridgehead atoms. The first-order valence-electron chi connectivity index (χ1n) is 34.2. The first kappa shape index (κ1) is 77.5. The average Bonchev–Trinajstić information content (AvgIpc) is 3.47. The lowest BCUT2D eigenvalue weighted by Crippen LogP contribution is -2.30. The van der Waals surface area contributed by atoms with Crippen LogP contribution < -0.4 is 0 Å². The molecule has 82 heavy (non-hydrogen) atoms. The summed E-state index contributed by atoms with van der Waals surface area (Å²) in [5.41, 5.74) is 0. The van der Waals surface area contributed by atoms with Crippen molar-refractivity contribution in [2.24, 2.45) is 0 Å². The van der Waals surface area contributed by atoms with Crippen LogP contribution >= 0.6 is 0 Å². The molecule has 6 nitrogen and oxygen atoms in total. The van der Waals surface area contributed by atoms with Crippen LogP contribution in [-0.2, 0) is 28.6 Å². The van der Waals surface area contributed by atoms with Gasteiger partial charge in [-0.3, -0.25) is 14.4 Å². The third-order valence-corrected chi connectivity index (χ3v) is 14.4. The fourth-order valence-corrected chi connectivity index (χ4v) is 9.28. The summed E-state index contributed by atoms with van der Waals surface area (Å²) in [4.78, 5) is 38.4. The number of hydrogen-bond donors (Lipinski definition) is 0. The SMILES string of the molecule is CC/C=C\C/C=C\C/C=C\C/C=C\C/C=C\C/C=C\C/C=C\C/C=C\C/C=C\CCCCCCCC(=O)OCC(COC(=O)CCCCCCC/C=C\C/C=C\CCCC)OC(=O)CCCCCCCCCCCCCCCCCCC. The molecule has 0 aliphatic carbocycles. The quantitative estimate of drug-likeness (QED) is 0.0261. The van der Waals surface area contributed by atoms with Crippen LogP contribution in [0.5, 0.6) is 0 Å². The molecular formula is C76H126O6. The van der Waals surface area contributed by atoms with Gasteiger partial charge in [0.25, 0.3) is 0 Å². The number of esters is 3.